The number of rotatable bonds is 10. The molecule has 0 spiro atoms. The van der Waals surface area contributed by atoms with Crippen LogP contribution in [0.2, 0.25) is 0 Å². The number of hydrogen-bond donors (Lipinski definition) is 0. The van der Waals surface area contributed by atoms with Crippen LogP contribution in [0.4, 0.5) is 0 Å². The zero-order valence-electron chi connectivity index (χ0n) is 32.4. The molecule has 4 aromatic carbocycles. The first kappa shape index (κ1) is 38.3. The van der Waals surface area contributed by atoms with Crippen LogP contribution in [0.25, 0.3) is 44.4 Å². The minimum absolute atomic E-state index is 0. The Bertz CT molecular complexity index is 2380. The number of fused-ring (bicyclic) bond motifs is 3. The van der Waals surface area contributed by atoms with E-state index in [0.29, 0.717) is 22.8 Å². The SMILES string of the molecule is Cc1ccnc(-n2c3[c-]c(Oc4[c-]c(-n5nc(C)c(-c6ccccc6)c5C)cc(C(C)C)c4)ccc3c3cc(C(C)CCCC(C)(C)C)ccc32)c1.[Pt+2]. The van der Waals surface area contributed by atoms with Crippen LogP contribution in [0.15, 0.2) is 91.1 Å². The molecule has 0 saturated heterocycles. The van der Waals surface area contributed by atoms with Gasteiger partial charge in [0.05, 0.1) is 5.69 Å². The zero-order valence-corrected chi connectivity index (χ0v) is 34.7. The predicted molar refractivity (Wildman–Crippen MR) is 215 cm³/mol. The average molecular weight is 882 g/mol. The number of benzene rings is 4. The fourth-order valence-electron chi connectivity index (χ4n) is 7.36. The number of aromatic nitrogens is 4. The number of hydrogen-bond acceptors (Lipinski definition) is 3. The van der Waals surface area contributed by atoms with Crippen molar-refractivity contribution in [3.05, 3.63) is 131 Å². The van der Waals surface area contributed by atoms with Gasteiger partial charge in [0.25, 0.3) is 0 Å². The van der Waals surface area contributed by atoms with Gasteiger partial charge in [-0.3, -0.25) is 4.68 Å². The largest absolute Gasteiger partial charge is 2.00 e. The average Bonchev–Trinajstić information content (AvgIpc) is 3.59. The van der Waals surface area contributed by atoms with Crippen LogP contribution in [0, 0.1) is 38.3 Å². The maximum Gasteiger partial charge on any atom is 2.00 e. The van der Waals surface area contributed by atoms with Gasteiger partial charge in [-0.2, -0.15) is 11.2 Å². The third-order valence-corrected chi connectivity index (χ3v) is 10.3. The summed E-state index contributed by atoms with van der Waals surface area (Å²) in [6.07, 6.45) is 5.50. The van der Waals surface area contributed by atoms with Crippen molar-refractivity contribution in [3.63, 3.8) is 0 Å². The van der Waals surface area contributed by atoms with Gasteiger partial charge in [-0.1, -0.05) is 95.9 Å². The summed E-state index contributed by atoms with van der Waals surface area (Å²) in [4.78, 5) is 4.82. The molecule has 0 aliphatic carbocycles. The summed E-state index contributed by atoms with van der Waals surface area (Å²) in [7, 11) is 0. The molecular formula is C47H50N4OPt. The van der Waals surface area contributed by atoms with Gasteiger partial charge in [-0.15, -0.1) is 41.3 Å². The van der Waals surface area contributed by atoms with Crippen LogP contribution >= 0.6 is 0 Å². The maximum absolute atomic E-state index is 6.66. The molecule has 0 fully saturated rings. The third-order valence-electron chi connectivity index (χ3n) is 10.3. The molecule has 6 heteroatoms. The first-order valence-electron chi connectivity index (χ1n) is 18.7. The minimum Gasteiger partial charge on any atom is -0.509 e. The maximum atomic E-state index is 6.66. The van der Waals surface area contributed by atoms with E-state index in [-0.39, 0.29) is 27.0 Å². The van der Waals surface area contributed by atoms with Crippen molar-refractivity contribution in [3.8, 4) is 34.1 Å². The molecule has 53 heavy (non-hydrogen) atoms. The van der Waals surface area contributed by atoms with Gasteiger partial charge in [-0.25, -0.2) is 4.98 Å². The quantitative estimate of drug-likeness (QED) is 0.129. The monoisotopic (exact) mass is 881 g/mol. The predicted octanol–water partition coefficient (Wildman–Crippen LogP) is 12.8. The molecule has 5 nitrogen and oxygen atoms in total. The molecule has 0 N–H and O–H groups in total. The van der Waals surface area contributed by atoms with Crippen molar-refractivity contribution < 1.29 is 25.8 Å². The van der Waals surface area contributed by atoms with Crippen molar-refractivity contribution in [1.82, 2.24) is 19.3 Å². The first-order valence-corrected chi connectivity index (χ1v) is 18.7. The molecule has 7 aromatic rings. The van der Waals surface area contributed by atoms with E-state index in [0.717, 1.165) is 61.6 Å². The van der Waals surface area contributed by atoms with Crippen molar-refractivity contribution in [2.45, 2.75) is 93.4 Å². The second-order valence-corrected chi connectivity index (χ2v) is 16.0. The molecule has 0 aliphatic rings. The van der Waals surface area contributed by atoms with Gasteiger partial charge in [0.1, 0.15) is 5.82 Å². The molecule has 3 aromatic heterocycles. The summed E-state index contributed by atoms with van der Waals surface area (Å²) in [6.45, 7) is 20.0. The Morgan fingerprint density at radius 2 is 1.57 bits per heavy atom. The van der Waals surface area contributed by atoms with E-state index < -0.39 is 0 Å². The van der Waals surface area contributed by atoms with Crippen molar-refractivity contribution in [2.75, 3.05) is 0 Å². The van der Waals surface area contributed by atoms with E-state index in [2.05, 4.69) is 146 Å². The molecule has 7 rings (SSSR count). The Balaban J connectivity index is 0.00000481. The van der Waals surface area contributed by atoms with Gasteiger partial charge in [0.15, 0.2) is 0 Å². The van der Waals surface area contributed by atoms with Crippen LogP contribution in [0.5, 0.6) is 11.5 Å². The first-order chi connectivity index (χ1) is 24.9. The molecule has 0 bridgehead atoms. The van der Waals surface area contributed by atoms with Crippen molar-refractivity contribution in [1.29, 1.82) is 0 Å². The summed E-state index contributed by atoms with van der Waals surface area (Å²) in [6, 6.07) is 37.2. The Labute approximate surface area is 329 Å². The Morgan fingerprint density at radius 1 is 0.792 bits per heavy atom. The van der Waals surface area contributed by atoms with E-state index in [1.165, 1.54) is 30.2 Å². The van der Waals surface area contributed by atoms with Crippen LogP contribution in [-0.4, -0.2) is 19.3 Å². The van der Waals surface area contributed by atoms with Crippen LogP contribution in [0.3, 0.4) is 0 Å². The Morgan fingerprint density at radius 3 is 2.28 bits per heavy atom. The van der Waals surface area contributed by atoms with Gasteiger partial charge < -0.3 is 9.30 Å². The fourth-order valence-corrected chi connectivity index (χ4v) is 7.36. The Hall–Kier alpha value is -4.47. The topological polar surface area (TPSA) is 44.9 Å². The summed E-state index contributed by atoms with van der Waals surface area (Å²) in [5.41, 5.74) is 11.3. The summed E-state index contributed by atoms with van der Waals surface area (Å²) < 4.78 is 10.9. The molecule has 0 saturated carbocycles. The van der Waals surface area contributed by atoms with Gasteiger partial charge in [0.2, 0.25) is 0 Å². The molecule has 0 amide bonds. The van der Waals surface area contributed by atoms with Crippen LogP contribution in [-0.2, 0) is 21.1 Å². The molecule has 1 atom stereocenters. The summed E-state index contributed by atoms with van der Waals surface area (Å²) >= 11 is 0. The van der Waals surface area contributed by atoms with E-state index in [4.69, 9.17) is 14.8 Å². The number of nitrogens with zero attached hydrogens (tertiary/aromatic N) is 4. The Kier molecular flexibility index (Phi) is 11.2. The van der Waals surface area contributed by atoms with E-state index >= 15 is 0 Å². The minimum atomic E-state index is 0. The summed E-state index contributed by atoms with van der Waals surface area (Å²) in [5.74, 6) is 2.88. The second kappa shape index (κ2) is 15.5. The summed E-state index contributed by atoms with van der Waals surface area (Å²) in [5, 5.41) is 7.32. The molecular weight excluding hydrogens is 832 g/mol. The van der Waals surface area contributed by atoms with Gasteiger partial charge in [-0.05, 0) is 96.8 Å². The third kappa shape index (κ3) is 8.06. The van der Waals surface area contributed by atoms with E-state index in [9.17, 15) is 0 Å². The smallest absolute Gasteiger partial charge is 0.509 e. The number of aryl methyl sites for hydroxylation is 2. The van der Waals surface area contributed by atoms with Crippen LogP contribution in [0.1, 0.15) is 101 Å². The molecule has 0 aliphatic heterocycles. The normalized spacial score (nSPS) is 12.4. The van der Waals surface area contributed by atoms with Gasteiger partial charge >= 0.3 is 21.1 Å². The van der Waals surface area contributed by atoms with Gasteiger partial charge in [0, 0.05) is 34.5 Å². The zero-order chi connectivity index (χ0) is 36.7. The van der Waals surface area contributed by atoms with E-state index in [1.807, 2.05) is 29.1 Å². The molecule has 0 radical (unpaired) electrons. The van der Waals surface area contributed by atoms with Crippen LogP contribution < -0.4 is 4.74 Å². The van der Waals surface area contributed by atoms with Crippen molar-refractivity contribution in [2.24, 2.45) is 5.41 Å². The van der Waals surface area contributed by atoms with E-state index in [1.54, 1.807) is 0 Å². The molecule has 274 valence electrons. The second-order valence-electron chi connectivity index (χ2n) is 16.0. The van der Waals surface area contributed by atoms with Crippen molar-refractivity contribution >= 4 is 21.8 Å². The molecule has 1 unspecified atom stereocenters. The standard InChI is InChI=1S/C47H50N4O.Pt/c1-30(2)37-25-38(51-34(6)46(33(5)49-51)35-15-11-10-12-16-35)28-40(26-37)52-39-18-19-41-42-27-36(32(4)14-13-22-47(7,8)9)17-20-43(42)50(44(41)29-39)45-24-31(3)21-23-48-45;/h10-12,15-21,23-27,30,32H,13-14,22H2,1-9H3;/q-2;+2. The number of pyridine rings is 1. The molecule has 3 heterocycles. The fraction of sp³-hybridized carbons (Fsp3) is 0.319. The number of ether oxygens (including phenoxy) is 1.